The fraction of sp³-hybridized carbons (Fsp3) is 0.833. The molecule has 0 rings (SSSR count). The van der Waals surface area contributed by atoms with Crippen molar-refractivity contribution in [2.24, 2.45) is 0 Å². The number of carbonyl (C=O) groups excluding carboxylic acids is 1. The van der Waals surface area contributed by atoms with Crippen molar-refractivity contribution in [1.82, 2.24) is 10.8 Å². The van der Waals surface area contributed by atoms with E-state index in [2.05, 4.69) is 15.6 Å². The van der Waals surface area contributed by atoms with Gasteiger partial charge in [0.25, 0.3) is 0 Å². The minimum absolute atomic E-state index is 0.190. The third kappa shape index (κ3) is 4.14. The second kappa shape index (κ2) is 5.05. The van der Waals surface area contributed by atoms with Crippen molar-refractivity contribution in [2.45, 2.75) is 26.3 Å². The van der Waals surface area contributed by atoms with Crippen LogP contribution in [0.25, 0.3) is 0 Å². The number of amides is 2. The summed E-state index contributed by atoms with van der Waals surface area (Å²) in [6.07, 6.45) is 0.914. The standard InChI is InChI=1S/C6H14N2O2/c1-4-5(2)7-6(9)8-10-3/h5H,4H2,1-3H3,(H2,7,8,9). The molecule has 0 spiro atoms. The highest BCUT2D eigenvalue weighted by Gasteiger charge is 2.02. The van der Waals surface area contributed by atoms with Gasteiger partial charge in [-0.3, -0.25) is 4.84 Å². The minimum atomic E-state index is -0.295. The minimum Gasteiger partial charge on any atom is -0.334 e. The lowest BCUT2D eigenvalue weighted by Crippen LogP contribution is -2.39. The number of hydrogen-bond acceptors (Lipinski definition) is 2. The van der Waals surface area contributed by atoms with Gasteiger partial charge in [-0.05, 0) is 13.3 Å². The molecule has 0 aliphatic rings. The van der Waals surface area contributed by atoms with Crippen LogP contribution in [0, 0.1) is 0 Å². The first-order valence-electron chi connectivity index (χ1n) is 3.30. The van der Waals surface area contributed by atoms with E-state index in [1.807, 2.05) is 13.8 Å². The maximum absolute atomic E-state index is 10.7. The van der Waals surface area contributed by atoms with Gasteiger partial charge in [0.2, 0.25) is 0 Å². The Hall–Kier alpha value is -0.770. The van der Waals surface area contributed by atoms with Gasteiger partial charge in [-0.15, -0.1) is 0 Å². The molecule has 1 atom stereocenters. The van der Waals surface area contributed by atoms with Crippen LogP contribution in [0.5, 0.6) is 0 Å². The van der Waals surface area contributed by atoms with Gasteiger partial charge in [0.1, 0.15) is 0 Å². The maximum atomic E-state index is 10.7. The molecule has 0 aliphatic heterocycles. The van der Waals surface area contributed by atoms with Gasteiger partial charge < -0.3 is 5.32 Å². The number of urea groups is 1. The second-order valence-corrected chi connectivity index (χ2v) is 2.09. The van der Waals surface area contributed by atoms with Crippen LogP contribution in [0.3, 0.4) is 0 Å². The van der Waals surface area contributed by atoms with E-state index < -0.39 is 0 Å². The van der Waals surface area contributed by atoms with Crippen molar-refractivity contribution in [1.29, 1.82) is 0 Å². The van der Waals surface area contributed by atoms with E-state index in [0.717, 1.165) is 6.42 Å². The van der Waals surface area contributed by atoms with E-state index in [1.165, 1.54) is 7.11 Å². The number of rotatable bonds is 3. The van der Waals surface area contributed by atoms with Crippen molar-refractivity contribution < 1.29 is 9.63 Å². The SMILES string of the molecule is CCC(C)NC(=O)NOC. The first kappa shape index (κ1) is 9.23. The van der Waals surface area contributed by atoms with Crippen molar-refractivity contribution in [2.75, 3.05) is 7.11 Å². The normalized spacial score (nSPS) is 12.3. The summed E-state index contributed by atoms with van der Waals surface area (Å²) in [6, 6.07) is -0.105. The molecule has 0 aromatic heterocycles. The molecule has 4 heteroatoms. The van der Waals surface area contributed by atoms with Crippen LogP contribution in [0.1, 0.15) is 20.3 Å². The molecule has 2 amide bonds. The molecule has 0 saturated heterocycles. The average Bonchev–Trinajstić information content (AvgIpc) is 1.88. The molecule has 0 bridgehead atoms. The van der Waals surface area contributed by atoms with Gasteiger partial charge in [-0.1, -0.05) is 6.92 Å². The average molecular weight is 146 g/mol. The number of nitrogens with one attached hydrogen (secondary N) is 2. The van der Waals surface area contributed by atoms with Crippen LogP contribution in [-0.2, 0) is 4.84 Å². The summed E-state index contributed by atoms with van der Waals surface area (Å²) in [6.45, 7) is 3.92. The van der Waals surface area contributed by atoms with E-state index >= 15 is 0 Å². The fourth-order valence-electron chi connectivity index (χ4n) is 0.448. The van der Waals surface area contributed by atoms with Crippen LogP contribution in [0.2, 0.25) is 0 Å². The summed E-state index contributed by atoms with van der Waals surface area (Å²) < 4.78 is 0. The van der Waals surface area contributed by atoms with Crippen molar-refractivity contribution in [3.05, 3.63) is 0 Å². The van der Waals surface area contributed by atoms with Crippen molar-refractivity contribution in [3.8, 4) is 0 Å². The van der Waals surface area contributed by atoms with Crippen LogP contribution in [-0.4, -0.2) is 19.2 Å². The van der Waals surface area contributed by atoms with E-state index in [0.29, 0.717) is 0 Å². The summed E-state index contributed by atoms with van der Waals surface area (Å²) in [7, 11) is 1.40. The number of hydroxylamine groups is 1. The molecule has 0 aromatic carbocycles. The van der Waals surface area contributed by atoms with Crippen LogP contribution in [0.15, 0.2) is 0 Å². The highest BCUT2D eigenvalue weighted by Crippen LogP contribution is 1.85. The van der Waals surface area contributed by atoms with E-state index in [-0.39, 0.29) is 12.1 Å². The zero-order chi connectivity index (χ0) is 7.98. The largest absolute Gasteiger partial charge is 0.338 e. The summed E-state index contributed by atoms with van der Waals surface area (Å²) >= 11 is 0. The van der Waals surface area contributed by atoms with Gasteiger partial charge in [0, 0.05) is 6.04 Å². The van der Waals surface area contributed by atoms with Gasteiger partial charge in [-0.25, -0.2) is 10.3 Å². The molecule has 0 radical (unpaired) electrons. The van der Waals surface area contributed by atoms with Gasteiger partial charge >= 0.3 is 6.03 Å². The highest BCUT2D eigenvalue weighted by atomic mass is 16.6. The first-order valence-corrected chi connectivity index (χ1v) is 3.30. The lowest BCUT2D eigenvalue weighted by molar-refractivity contribution is 0.106. The van der Waals surface area contributed by atoms with E-state index in [4.69, 9.17) is 0 Å². The zero-order valence-electron chi connectivity index (χ0n) is 6.60. The third-order valence-corrected chi connectivity index (χ3v) is 1.18. The molecule has 2 N–H and O–H groups in total. The number of carbonyl (C=O) groups is 1. The predicted molar refractivity (Wildman–Crippen MR) is 38.4 cm³/mol. The van der Waals surface area contributed by atoms with E-state index in [9.17, 15) is 4.79 Å². The Bertz CT molecular complexity index is 106. The Morgan fingerprint density at radius 3 is 2.70 bits per heavy atom. The molecule has 0 aliphatic carbocycles. The molecule has 0 fully saturated rings. The Morgan fingerprint density at radius 1 is 1.70 bits per heavy atom. The second-order valence-electron chi connectivity index (χ2n) is 2.09. The Morgan fingerprint density at radius 2 is 2.30 bits per heavy atom. The Kier molecular flexibility index (Phi) is 4.66. The number of hydrogen-bond donors (Lipinski definition) is 2. The molecular formula is C6H14N2O2. The van der Waals surface area contributed by atoms with E-state index in [1.54, 1.807) is 0 Å². The summed E-state index contributed by atoms with van der Waals surface area (Å²) in [5, 5.41) is 2.66. The topological polar surface area (TPSA) is 50.4 Å². The first-order chi connectivity index (χ1) is 4.70. The molecule has 4 nitrogen and oxygen atoms in total. The van der Waals surface area contributed by atoms with Gasteiger partial charge in [0.15, 0.2) is 0 Å². The molecule has 10 heavy (non-hydrogen) atoms. The molecular weight excluding hydrogens is 132 g/mol. The summed E-state index contributed by atoms with van der Waals surface area (Å²) in [4.78, 5) is 15.1. The third-order valence-electron chi connectivity index (χ3n) is 1.18. The van der Waals surface area contributed by atoms with Gasteiger partial charge in [-0.2, -0.15) is 0 Å². The summed E-state index contributed by atoms with van der Waals surface area (Å²) in [5.41, 5.74) is 2.16. The molecule has 60 valence electrons. The smallest absolute Gasteiger partial charge is 0.334 e. The van der Waals surface area contributed by atoms with Crippen LogP contribution in [0.4, 0.5) is 4.79 Å². The molecule has 0 saturated carbocycles. The Balaban J connectivity index is 3.37. The van der Waals surface area contributed by atoms with Crippen LogP contribution < -0.4 is 10.8 Å². The Labute approximate surface area is 60.9 Å². The van der Waals surface area contributed by atoms with Crippen molar-refractivity contribution in [3.63, 3.8) is 0 Å². The van der Waals surface area contributed by atoms with Crippen LogP contribution >= 0.6 is 0 Å². The zero-order valence-corrected chi connectivity index (χ0v) is 6.60. The monoisotopic (exact) mass is 146 g/mol. The molecule has 0 aromatic rings. The maximum Gasteiger partial charge on any atom is 0.338 e. The summed E-state index contributed by atoms with van der Waals surface area (Å²) in [5.74, 6) is 0. The quantitative estimate of drug-likeness (QED) is 0.574. The molecule has 1 unspecified atom stereocenters. The molecule has 0 heterocycles. The predicted octanol–water partition coefficient (Wildman–Crippen LogP) is 0.646. The fourth-order valence-corrected chi connectivity index (χ4v) is 0.448. The van der Waals surface area contributed by atoms with Crippen molar-refractivity contribution >= 4 is 6.03 Å². The lowest BCUT2D eigenvalue weighted by Gasteiger charge is -2.10. The highest BCUT2D eigenvalue weighted by molar-refractivity contribution is 5.72. The van der Waals surface area contributed by atoms with Gasteiger partial charge in [0.05, 0.1) is 7.11 Å². The lowest BCUT2D eigenvalue weighted by atomic mass is 10.3.